The van der Waals surface area contributed by atoms with Gasteiger partial charge in [-0.15, -0.1) is 0 Å². The van der Waals surface area contributed by atoms with E-state index >= 15 is 0 Å². The van der Waals surface area contributed by atoms with Gasteiger partial charge in [-0.25, -0.2) is 0 Å². The Kier molecular flexibility index (Phi) is 6.55. The summed E-state index contributed by atoms with van der Waals surface area (Å²) in [4.78, 5) is 3.58. The maximum atomic E-state index is 11.0. The minimum atomic E-state index is -0.664. The fourth-order valence-electron chi connectivity index (χ4n) is 4.41. The van der Waals surface area contributed by atoms with Gasteiger partial charge in [0.05, 0.1) is 0 Å². The zero-order chi connectivity index (χ0) is 23.2. The lowest BCUT2D eigenvalue weighted by atomic mass is 9.99. The Morgan fingerprint density at radius 3 is 2.24 bits per heavy atom. The normalized spacial score (nSPS) is 12.3. The van der Waals surface area contributed by atoms with Crippen LogP contribution in [0.3, 0.4) is 0 Å². The molecule has 5 rings (SSSR count). The molecular weight excluding hydrogens is 416 g/mol. The van der Waals surface area contributed by atoms with Gasteiger partial charge in [-0.1, -0.05) is 103 Å². The van der Waals surface area contributed by atoms with E-state index < -0.39 is 6.10 Å². The zero-order valence-electron chi connectivity index (χ0n) is 19.0. The summed E-state index contributed by atoms with van der Waals surface area (Å²) in [5.41, 5.74) is 7.47. The minimum Gasteiger partial charge on any atom is -0.384 e. The highest BCUT2D eigenvalue weighted by atomic mass is 16.3. The first-order valence-corrected chi connectivity index (χ1v) is 11.7. The summed E-state index contributed by atoms with van der Waals surface area (Å²) in [6.07, 6.45) is 4.50. The van der Waals surface area contributed by atoms with Gasteiger partial charge < -0.3 is 15.4 Å². The molecule has 0 fully saturated rings. The van der Waals surface area contributed by atoms with Crippen LogP contribution in [0, 0.1) is 0 Å². The molecule has 3 heteroatoms. The molecule has 0 aliphatic heterocycles. The van der Waals surface area contributed by atoms with Crippen molar-refractivity contribution in [3.05, 3.63) is 137 Å². The van der Waals surface area contributed by atoms with E-state index in [9.17, 15) is 5.11 Å². The highest BCUT2D eigenvalue weighted by Crippen LogP contribution is 2.29. The van der Waals surface area contributed by atoms with Gasteiger partial charge in [0.15, 0.2) is 0 Å². The summed E-state index contributed by atoms with van der Waals surface area (Å²) in [7, 11) is 0. The molecule has 0 saturated carbocycles. The molecule has 0 aliphatic rings. The first-order valence-electron chi connectivity index (χ1n) is 11.7. The predicted octanol–water partition coefficient (Wildman–Crippen LogP) is 7.07. The number of aliphatic hydroxyl groups excluding tert-OH is 1. The molecule has 0 amide bonds. The smallest absolute Gasteiger partial charge is 0.106 e. The van der Waals surface area contributed by atoms with E-state index in [1.807, 2.05) is 60.7 Å². The zero-order valence-corrected chi connectivity index (χ0v) is 19.0. The third kappa shape index (κ3) is 4.80. The van der Waals surface area contributed by atoms with Crippen LogP contribution < -0.4 is 5.32 Å². The van der Waals surface area contributed by atoms with Gasteiger partial charge in [0.25, 0.3) is 0 Å². The highest BCUT2D eigenvalue weighted by molar-refractivity contribution is 5.88. The third-order valence-electron chi connectivity index (χ3n) is 6.15. The van der Waals surface area contributed by atoms with Crippen LogP contribution in [0.5, 0.6) is 0 Å². The highest BCUT2D eigenvalue weighted by Gasteiger charge is 2.14. The molecule has 0 aliphatic carbocycles. The Labute approximate surface area is 200 Å². The quantitative estimate of drug-likeness (QED) is 0.240. The molecule has 34 heavy (non-hydrogen) atoms. The lowest BCUT2D eigenvalue weighted by Crippen LogP contribution is -2.10. The van der Waals surface area contributed by atoms with E-state index in [0.29, 0.717) is 0 Å². The molecule has 1 heterocycles. The van der Waals surface area contributed by atoms with Crippen LogP contribution in [0.25, 0.3) is 23.1 Å². The fourth-order valence-corrected chi connectivity index (χ4v) is 4.41. The number of para-hydroxylation sites is 2. The molecule has 0 spiro atoms. The van der Waals surface area contributed by atoms with Crippen LogP contribution >= 0.6 is 0 Å². The molecule has 4 aromatic carbocycles. The largest absolute Gasteiger partial charge is 0.384 e. The van der Waals surface area contributed by atoms with Crippen molar-refractivity contribution in [2.45, 2.75) is 12.5 Å². The summed E-state index contributed by atoms with van der Waals surface area (Å²) in [5, 5.41) is 15.8. The van der Waals surface area contributed by atoms with Crippen molar-refractivity contribution in [3.8, 4) is 0 Å². The number of aromatic amines is 1. The van der Waals surface area contributed by atoms with Crippen LogP contribution in [-0.2, 0) is 6.42 Å². The Morgan fingerprint density at radius 2 is 1.41 bits per heavy atom. The van der Waals surface area contributed by atoms with E-state index in [0.717, 1.165) is 41.0 Å². The monoisotopic (exact) mass is 444 g/mol. The summed E-state index contributed by atoms with van der Waals surface area (Å²) in [6, 6.07) is 36.6. The summed E-state index contributed by atoms with van der Waals surface area (Å²) in [6.45, 7) is 0.756. The molecule has 5 aromatic rings. The average Bonchev–Trinajstić information content (AvgIpc) is 3.26. The summed E-state index contributed by atoms with van der Waals surface area (Å²) < 4.78 is 0. The van der Waals surface area contributed by atoms with Crippen molar-refractivity contribution in [2.75, 3.05) is 11.9 Å². The predicted molar refractivity (Wildman–Crippen MR) is 143 cm³/mol. The van der Waals surface area contributed by atoms with Crippen LogP contribution in [0.2, 0.25) is 0 Å². The van der Waals surface area contributed by atoms with Crippen molar-refractivity contribution in [1.82, 2.24) is 4.98 Å². The average molecular weight is 445 g/mol. The molecule has 3 nitrogen and oxygen atoms in total. The van der Waals surface area contributed by atoms with Gasteiger partial charge in [-0.3, -0.25) is 0 Å². The van der Waals surface area contributed by atoms with Gasteiger partial charge >= 0.3 is 0 Å². The second-order valence-electron chi connectivity index (χ2n) is 8.38. The molecule has 1 aromatic heterocycles. The Hall–Kier alpha value is -4.08. The standard InChI is InChI=1S/C31H28N2O/c34-31(24-13-5-2-6-14-24)27-16-8-9-17-28(27)32-22-21-26-25-15-7-10-18-29(25)33-30(26)20-19-23-11-3-1-4-12-23/h1-20,31-34H,21-22H2/b20-19+. The maximum absolute atomic E-state index is 11.0. The number of benzene rings is 4. The first kappa shape index (κ1) is 21.7. The van der Waals surface area contributed by atoms with E-state index in [1.54, 1.807) is 0 Å². The number of hydrogen-bond acceptors (Lipinski definition) is 2. The number of anilines is 1. The summed E-state index contributed by atoms with van der Waals surface area (Å²) >= 11 is 0. The SMILES string of the molecule is OC(c1ccccc1)c1ccccc1NCCc1c(/C=C/c2ccccc2)[nH]c2ccccc12. The van der Waals surface area contributed by atoms with E-state index in [1.165, 1.54) is 16.5 Å². The molecule has 3 N–H and O–H groups in total. The second-order valence-corrected chi connectivity index (χ2v) is 8.38. The van der Waals surface area contributed by atoms with Crippen molar-refractivity contribution < 1.29 is 5.11 Å². The number of aliphatic hydroxyl groups is 1. The van der Waals surface area contributed by atoms with Gasteiger partial charge in [0.2, 0.25) is 0 Å². The number of aromatic nitrogens is 1. The number of H-pyrrole nitrogens is 1. The maximum Gasteiger partial charge on any atom is 0.106 e. The molecular formula is C31H28N2O. The van der Waals surface area contributed by atoms with Crippen LogP contribution in [0.4, 0.5) is 5.69 Å². The van der Waals surface area contributed by atoms with Crippen molar-refractivity contribution in [3.63, 3.8) is 0 Å². The molecule has 1 unspecified atom stereocenters. The van der Waals surface area contributed by atoms with Crippen LogP contribution in [0.1, 0.15) is 34.1 Å². The molecule has 0 radical (unpaired) electrons. The fraction of sp³-hybridized carbons (Fsp3) is 0.0968. The molecule has 0 bridgehead atoms. The van der Waals surface area contributed by atoms with Gasteiger partial charge in [-0.05, 0) is 41.3 Å². The number of fused-ring (bicyclic) bond motifs is 1. The first-order chi connectivity index (χ1) is 16.8. The van der Waals surface area contributed by atoms with Crippen molar-refractivity contribution >= 4 is 28.7 Å². The van der Waals surface area contributed by atoms with Crippen LogP contribution in [-0.4, -0.2) is 16.6 Å². The Bertz CT molecular complexity index is 1390. The van der Waals surface area contributed by atoms with Crippen LogP contribution in [0.15, 0.2) is 109 Å². The van der Waals surface area contributed by atoms with E-state index in [4.69, 9.17) is 0 Å². The Morgan fingerprint density at radius 1 is 0.735 bits per heavy atom. The molecule has 0 saturated heterocycles. The second kappa shape index (κ2) is 10.2. The van der Waals surface area contributed by atoms with E-state index in [2.05, 4.69) is 71.0 Å². The number of hydrogen-bond donors (Lipinski definition) is 3. The molecule has 1 atom stereocenters. The number of nitrogens with one attached hydrogen (secondary N) is 2. The minimum absolute atomic E-state index is 0.664. The molecule has 168 valence electrons. The van der Waals surface area contributed by atoms with Crippen molar-refractivity contribution in [2.24, 2.45) is 0 Å². The number of rotatable bonds is 8. The lowest BCUT2D eigenvalue weighted by molar-refractivity contribution is 0.221. The van der Waals surface area contributed by atoms with Crippen molar-refractivity contribution in [1.29, 1.82) is 0 Å². The van der Waals surface area contributed by atoms with Gasteiger partial charge in [0.1, 0.15) is 6.10 Å². The Balaban J connectivity index is 1.37. The van der Waals surface area contributed by atoms with Gasteiger partial charge in [0, 0.05) is 34.4 Å². The lowest BCUT2D eigenvalue weighted by Gasteiger charge is -2.17. The van der Waals surface area contributed by atoms with Gasteiger partial charge in [-0.2, -0.15) is 0 Å². The summed E-state index contributed by atoms with van der Waals surface area (Å²) in [5.74, 6) is 0. The topological polar surface area (TPSA) is 48.0 Å². The van der Waals surface area contributed by atoms with E-state index in [-0.39, 0.29) is 0 Å². The third-order valence-corrected chi connectivity index (χ3v) is 6.15.